The Balaban J connectivity index is 1.90. The molecule has 2 aliphatic rings. The molecule has 2 aliphatic heterocycles. The average Bonchev–Trinajstić information content (AvgIpc) is 2.93. The smallest absolute Gasteiger partial charge is 0.232 e. The van der Waals surface area contributed by atoms with Gasteiger partial charge < -0.3 is 14.7 Å². The maximum Gasteiger partial charge on any atom is 0.232 e. The van der Waals surface area contributed by atoms with Crippen molar-refractivity contribution in [3.63, 3.8) is 0 Å². The number of aliphatic hydroxyl groups is 1. The van der Waals surface area contributed by atoms with Crippen molar-refractivity contribution in [3.8, 4) is 0 Å². The van der Waals surface area contributed by atoms with Crippen molar-refractivity contribution < 1.29 is 14.6 Å². The van der Waals surface area contributed by atoms with Gasteiger partial charge in [0.15, 0.2) is 0 Å². The van der Waals surface area contributed by atoms with Crippen LogP contribution < -0.4 is 4.90 Å². The predicted octanol–water partition coefficient (Wildman–Crippen LogP) is 2.66. The number of anilines is 1. The third-order valence-corrected chi connectivity index (χ3v) is 4.64. The second kappa shape index (κ2) is 6.16. The molecule has 2 heterocycles. The normalized spacial score (nSPS) is 29.0. The van der Waals surface area contributed by atoms with Crippen LogP contribution in [-0.4, -0.2) is 30.3 Å². The number of carbonyl (C=O) groups is 1. The van der Waals surface area contributed by atoms with Gasteiger partial charge in [-0.2, -0.15) is 0 Å². The van der Waals surface area contributed by atoms with E-state index in [4.69, 9.17) is 4.74 Å². The monoisotopic (exact) mass is 289 g/mol. The first-order valence-corrected chi connectivity index (χ1v) is 7.92. The Kier molecular flexibility index (Phi) is 4.27. The number of benzene rings is 1. The molecule has 0 saturated carbocycles. The van der Waals surface area contributed by atoms with E-state index in [2.05, 4.69) is 6.92 Å². The number of ether oxygens (including phenoxy) is 1. The van der Waals surface area contributed by atoms with Gasteiger partial charge >= 0.3 is 0 Å². The molecule has 4 nitrogen and oxygen atoms in total. The van der Waals surface area contributed by atoms with E-state index in [1.54, 1.807) is 0 Å². The lowest BCUT2D eigenvalue weighted by atomic mass is 9.97. The lowest BCUT2D eigenvalue weighted by molar-refractivity contribution is -0.124. The van der Waals surface area contributed by atoms with Crippen molar-refractivity contribution in [1.82, 2.24) is 0 Å². The van der Waals surface area contributed by atoms with Gasteiger partial charge in [0.2, 0.25) is 5.91 Å². The molecule has 1 fully saturated rings. The van der Waals surface area contributed by atoms with Gasteiger partial charge in [-0.1, -0.05) is 25.1 Å². The van der Waals surface area contributed by atoms with Crippen LogP contribution in [0.2, 0.25) is 0 Å². The molecule has 0 aromatic heterocycles. The van der Waals surface area contributed by atoms with Crippen LogP contribution in [0, 0.1) is 5.92 Å². The Hall–Kier alpha value is -1.39. The second-order valence-electron chi connectivity index (χ2n) is 5.92. The highest BCUT2D eigenvalue weighted by molar-refractivity contribution is 5.96. The third kappa shape index (κ3) is 2.70. The minimum absolute atomic E-state index is 0.0397. The summed E-state index contributed by atoms with van der Waals surface area (Å²) in [4.78, 5) is 14.8. The zero-order chi connectivity index (χ0) is 14.8. The largest absolute Gasteiger partial charge is 0.388 e. The van der Waals surface area contributed by atoms with E-state index >= 15 is 0 Å². The standard InChI is InChI=1S/C17H23NO3/c1-2-16-13(9-11-21-16)17(20)18-10-5-8-15(19)12-6-3-4-7-14(12)18/h3-4,6-7,13,15-16,19H,2,5,8-11H2,1H3. The SMILES string of the molecule is CCC1OCCC1C(=O)N1CCCC(O)c2ccccc21. The first kappa shape index (κ1) is 14.5. The van der Waals surface area contributed by atoms with Crippen molar-refractivity contribution >= 4 is 11.6 Å². The molecule has 1 aromatic rings. The number of hydrogen-bond donors (Lipinski definition) is 1. The first-order chi connectivity index (χ1) is 10.2. The van der Waals surface area contributed by atoms with Crippen LogP contribution in [0.5, 0.6) is 0 Å². The summed E-state index contributed by atoms with van der Waals surface area (Å²) in [5.41, 5.74) is 1.74. The summed E-state index contributed by atoms with van der Waals surface area (Å²) in [7, 11) is 0. The zero-order valence-corrected chi connectivity index (χ0v) is 12.5. The van der Waals surface area contributed by atoms with Crippen LogP contribution in [0.1, 0.15) is 44.3 Å². The number of rotatable bonds is 2. The molecule has 3 unspecified atom stereocenters. The Morgan fingerprint density at radius 2 is 2.19 bits per heavy atom. The van der Waals surface area contributed by atoms with Crippen molar-refractivity contribution in [2.45, 2.75) is 44.8 Å². The number of hydrogen-bond acceptors (Lipinski definition) is 3. The minimum Gasteiger partial charge on any atom is -0.388 e. The molecule has 1 amide bonds. The first-order valence-electron chi connectivity index (χ1n) is 7.92. The van der Waals surface area contributed by atoms with Gasteiger partial charge in [0, 0.05) is 24.4 Å². The topological polar surface area (TPSA) is 49.8 Å². The summed E-state index contributed by atoms with van der Waals surface area (Å²) in [6, 6.07) is 7.72. The lowest BCUT2D eigenvalue weighted by Gasteiger charge is -2.27. The van der Waals surface area contributed by atoms with Gasteiger partial charge in [-0.05, 0) is 31.7 Å². The molecular weight excluding hydrogens is 266 g/mol. The highest BCUT2D eigenvalue weighted by Crippen LogP contribution is 2.35. The van der Waals surface area contributed by atoms with Crippen LogP contribution in [0.4, 0.5) is 5.69 Å². The molecule has 0 bridgehead atoms. The molecule has 1 saturated heterocycles. The van der Waals surface area contributed by atoms with Crippen LogP contribution in [0.25, 0.3) is 0 Å². The molecule has 3 atom stereocenters. The van der Waals surface area contributed by atoms with E-state index in [1.165, 1.54) is 0 Å². The molecule has 1 N–H and O–H groups in total. The number of nitrogens with zero attached hydrogens (tertiary/aromatic N) is 1. The maximum absolute atomic E-state index is 13.0. The average molecular weight is 289 g/mol. The summed E-state index contributed by atoms with van der Waals surface area (Å²) >= 11 is 0. The van der Waals surface area contributed by atoms with Crippen LogP contribution in [-0.2, 0) is 9.53 Å². The summed E-state index contributed by atoms with van der Waals surface area (Å²) in [5.74, 6) is 0.110. The van der Waals surface area contributed by atoms with E-state index in [0.29, 0.717) is 19.6 Å². The number of carbonyl (C=O) groups excluding carboxylic acids is 1. The summed E-state index contributed by atoms with van der Waals surface area (Å²) in [5, 5.41) is 10.2. The van der Waals surface area contributed by atoms with Crippen molar-refractivity contribution in [3.05, 3.63) is 29.8 Å². The molecular formula is C17H23NO3. The third-order valence-electron chi connectivity index (χ3n) is 4.64. The summed E-state index contributed by atoms with van der Waals surface area (Å²) < 4.78 is 5.67. The summed E-state index contributed by atoms with van der Waals surface area (Å²) in [6.07, 6.45) is 2.77. The Bertz CT molecular complexity index is 517. The quantitative estimate of drug-likeness (QED) is 0.910. The molecule has 0 spiro atoms. The molecule has 4 heteroatoms. The highest BCUT2D eigenvalue weighted by atomic mass is 16.5. The molecule has 21 heavy (non-hydrogen) atoms. The van der Waals surface area contributed by atoms with Crippen LogP contribution in [0.3, 0.4) is 0 Å². The number of amides is 1. The number of fused-ring (bicyclic) bond motifs is 1. The molecule has 3 rings (SSSR count). The molecule has 0 aliphatic carbocycles. The van der Waals surface area contributed by atoms with Crippen LogP contribution >= 0.6 is 0 Å². The predicted molar refractivity (Wildman–Crippen MR) is 81.1 cm³/mol. The van der Waals surface area contributed by atoms with Crippen LogP contribution in [0.15, 0.2) is 24.3 Å². The van der Waals surface area contributed by atoms with Crippen molar-refractivity contribution in [1.29, 1.82) is 0 Å². The number of para-hydroxylation sites is 1. The fourth-order valence-corrected chi connectivity index (χ4v) is 3.50. The minimum atomic E-state index is -0.471. The zero-order valence-electron chi connectivity index (χ0n) is 12.5. The van der Waals surface area contributed by atoms with E-state index in [-0.39, 0.29) is 17.9 Å². The van der Waals surface area contributed by atoms with Crippen molar-refractivity contribution in [2.24, 2.45) is 5.92 Å². The maximum atomic E-state index is 13.0. The highest BCUT2D eigenvalue weighted by Gasteiger charge is 2.37. The lowest BCUT2D eigenvalue weighted by Crippen LogP contribution is -2.40. The Morgan fingerprint density at radius 3 is 3.00 bits per heavy atom. The second-order valence-corrected chi connectivity index (χ2v) is 5.92. The van der Waals surface area contributed by atoms with Gasteiger partial charge in [-0.25, -0.2) is 0 Å². The van der Waals surface area contributed by atoms with Gasteiger partial charge in [0.1, 0.15) is 0 Å². The van der Waals surface area contributed by atoms with Crippen molar-refractivity contribution in [2.75, 3.05) is 18.1 Å². The molecule has 114 valence electrons. The Morgan fingerprint density at radius 1 is 1.38 bits per heavy atom. The fourth-order valence-electron chi connectivity index (χ4n) is 3.50. The molecule has 1 aromatic carbocycles. The van der Waals surface area contributed by atoms with Gasteiger partial charge in [-0.15, -0.1) is 0 Å². The fraction of sp³-hybridized carbons (Fsp3) is 0.588. The molecule has 0 radical (unpaired) electrons. The van der Waals surface area contributed by atoms with Gasteiger partial charge in [0.25, 0.3) is 0 Å². The van der Waals surface area contributed by atoms with E-state index < -0.39 is 6.10 Å². The van der Waals surface area contributed by atoms with E-state index in [9.17, 15) is 9.90 Å². The van der Waals surface area contributed by atoms with E-state index in [1.807, 2.05) is 29.2 Å². The summed E-state index contributed by atoms with van der Waals surface area (Å²) in [6.45, 7) is 3.42. The Labute approximate surface area is 125 Å². The van der Waals surface area contributed by atoms with Gasteiger partial charge in [-0.3, -0.25) is 4.79 Å². The van der Waals surface area contributed by atoms with Gasteiger partial charge in [0.05, 0.1) is 18.1 Å². The van der Waals surface area contributed by atoms with E-state index in [0.717, 1.165) is 30.5 Å². The number of aliphatic hydroxyl groups excluding tert-OH is 1.